The van der Waals surface area contributed by atoms with Gasteiger partial charge in [0, 0.05) is 10.5 Å². The maximum atomic E-state index is 11.5. The predicted molar refractivity (Wildman–Crippen MR) is 77.9 cm³/mol. The largest absolute Gasteiger partial charge is 0.492 e. The van der Waals surface area contributed by atoms with Gasteiger partial charge in [0.2, 0.25) is 0 Å². The first-order valence-electron chi connectivity index (χ1n) is 6.00. The molecule has 106 valence electrons. The zero-order chi connectivity index (χ0) is 14.4. The van der Waals surface area contributed by atoms with Crippen LogP contribution in [0.3, 0.4) is 0 Å². The normalized spacial score (nSPS) is 10.1. The Morgan fingerprint density at radius 1 is 1.45 bits per heavy atom. The third-order valence-electron chi connectivity index (χ3n) is 2.32. The number of benzene rings is 1. The topological polar surface area (TPSA) is 76.4 Å². The van der Waals surface area contributed by atoms with Crippen molar-refractivity contribution in [3.8, 4) is 5.75 Å². The number of nitrogens with zero attached hydrogens (tertiary/aromatic N) is 1. The molecule has 2 rings (SSSR count). The minimum absolute atomic E-state index is 0.351. The van der Waals surface area contributed by atoms with Crippen molar-refractivity contribution >= 4 is 27.8 Å². The van der Waals surface area contributed by atoms with Gasteiger partial charge in [-0.15, -0.1) is 0 Å². The fourth-order valence-corrected chi connectivity index (χ4v) is 1.85. The van der Waals surface area contributed by atoms with E-state index in [0.717, 1.165) is 10.2 Å². The fourth-order valence-electron chi connectivity index (χ4n) is 1.48. The molecule has 0 aliphatic carbocycles. The molecule has 0 radical (unpaired) electrons. The van der Waals surface area contributed by atoms with E-state index in [-0.39, 0.29) is 6.03 Å². The Balaban J connectivity index is 1.67. The van der Waals surface area contributed by atoms with E-state index in [1.165, 1.54) is 0 Å². The van der Waals surface area contributed by atoms with E-state index < -0.39 is 0 Å². The molecule has 1 aromatic heterocycles. The van der Waals surface area contributed by atoms with Crippen LogP contribution in [-0.2, 0) is 0 Å². The van der Waals surface area contributed by atoms with Crippen molar-refractivity contribution in [2.45, 2.75) is 6.92 Å². The van der Waals surface area contributed by atoms with Gasteiger partial charge in [-0.2, -0.15) is 0 Å². The molecule has 0 spiro atoms. The van der Waals surface area contributed by atoms with Crippen LogP contribution in [0, 0.1) is 6.92 Å². The molecule has 0 aliphatic rings. The van der Waals surface area contributed by atoms with Crippen LogP contribution >= 0.6 is 15.9 Å². The maximum Gasteiger partial charge on any atom is 0.320 e. The van der Waals surface area contributed by atoms with Crippen molar-refractivity contribution in [2.75, 3.05) is 18.5 Å². The Morgan fingerprint density at radius 3 is 3.00 bits per heavy atom. The summed E-state index contributed by atoms with van der Waals surface area (Å²) in [5.74, 6) is 1.76. The molecule has 0 aliphatic heterocycles. The van der Waals surface area contributed by atoms with Gasteiger partial charge < -0.3 is 14.6 Å². The highest BCUT2D eigenvalue weighted by Gasteiger charge is 2.04. The van der Waals surface area contributed by atoms with Gasteiger partial charge in [-0.3, -0.25) is 5.32 Å². The van der Waals surface area contributed by atoms with Crippen molar-refractivity contribution in [3.63, 3.8) is 0 Å². The molecule has 0 bridgehead atoms. The van der Waals surface area contributed by atoms with Gasteiger partial charge in [0.25, 0.3) is 0 Å². The Bertz CT molecular complexity index is 586. The van der Waals surface area contributed by atoms with Gasteiger partial charge in [0.15, 0.2) is 5.82 Å². The summed E-state index contributed by atoms with van der Waals surface area (Å²) in [6.07, 6.45) is 0. The maximum absolute atomic E-state index is 11.5. The predicted octanol–water partition coefficient (Wildman–Crippen LogP) is 2.95. The quantitative estimate of drug-likeness (QED) is 0.821. The summed E-state index contributed by atoms with van der Waals surface area (Å²) in [5, 5.41) is 8.87. The first kappa shape index (κ1) is 14.4. The molecular formula is C13H14BrN3O3. The molecule has 7 heteroatoms. The number of carbonyl (C=O) groups excluding carboxylic acids is 1. The fraction of sp³-hybridized carbons (Fsp3) is 0.231. The van der Waals surface area contributed by atoms with E-state index in [1.807, 2.05) is 24.3 Å². The molecule has 0 fully saturated rings. The monoisotopic (exact) mass is 339 g/mol. The van der Waals surface area contributed by atoms with Crippen LogP contribution in [0.15, 0.2) is 39.3 Å². The van der Waals surface area contributed by atoms with Gasteiger partial charge in [0.1, 0.15) is 18.1 Å². The molecule has 20 heavy (non-hydrogen) atoms. The zero-order valence-corrected chi connectivity index (χ0v) is 12.4. The van der Waals surface area contributed by atoms with E-state index in [0.29, 0.717) is 24.7 Å². The molecule has 2 aromatic rings. The van der Waals surface area contributed by atoms with Gasteiger partial charge >= 0.3 is 6.03 Å². The van der Waals surface area contributed by atoms with Gasteiger partial charge in [-0.25, -0.2) is 4.79 Å². The molecule has 1 heterocycles. The van der Waals surface area contributed by atoms with Gasteiger partial charge in [-0.1, -0.05) is 27.2 Å². The highest BCUT2D eigenvalue weighted by molar-refractivity contribution is 9.10. The third kappa shape index (κ3) is 4.58. The minimum Gasteiger partial charge on any atom is -0.492 e. The van der Waals surface area contributed by atoms with Crippen LogP contribution in [-0.4, -0.2) is 24.3 Å². The summed E-state index contributed by atoms with van der Waals surface area (Å²) < 4.78 is 11.3. The summed E-state index contributed by atoms with van der Waals surface area (Å²) >= 11 is 3.36. The van der Waals surface area contributed by atoms with Crippen molar-refractivity contribution in [1.29, 1.82) is 0 Å². The van der Waals surface area contributed by atoms with Crippen LogP contribution in [0.5, 0.6) is 5.75 Å². The van der Waals surface area contributed by atoms with E-state index in [2.05, 4.69) is 31.7 Å². The molecule has 2 amide bonds. The first-order chi connectivity index (χ1) is 9.63. The summed E-state index contributed by atoms with van der Waals surface area (Å²) in [6.45, 7) is 2.51. The Labute approximate surface area is 124 Å². The number of ether oxygens (including phenoxy) is 1. The van der Waals surface area contributed by atoms with Crippen molar-refractivity contribution in [1.82, 2.24) is 10.5 Å². The number of halogens is 1. The summed E-state index contributed by atoms with van der Waals surface area (Å²) in [7, 11) is 0. The number of amides is 2. The van der Waals surface area contributed by atoms with Crippen molar-refractivity contribution < 1.29 is 14.1 Å². The van der Waals surface area contributed by atoms with Crippen molar-refractivity contribution in [2.24, 2.45) is 0 Å². The standard InChI is InChI=1S/C13H14BrN3O3/c1-9-7-12(17-20-9)16-13(18)15-5-6-19-11-4-2-3-10(14)8-11/h2-4,7-8H,5-6H2,1H3,(H2,15,16,17,18). The average molecular weight is 340 g/mol. The number of carbonyl (C=O) groups is 1. The summed E-state index contributed by atoms with van der Waals surface area (Å²) in [4.78, 5) is 11.5. The second-order valence-corrected chi connectivity index (χ2v) is 4.93. The lowest BCUT2D eigenvalue weighted by Gasteiger charge is -2.08. The van der Waals surface area contributed by atoms with E-state index >= 15 is 0 Å². The Hall–Kier alpha value is -2.02. The van der Waals surface area contributed by atoms with E-state index in [4.69, 9.17) is 9.26 Å². The second-order valence-electron chi connectivity index (χ2n) is 4.01. The number of hydrogen-bond donors (Lipinski definition) is 2. The summed E-state index contributed by atoms with van der Waals surface area (Å²) in [5.41, 5.74) is 0. The number of urea groups is 1. The summed E-state index contributed by atoms with van der Waals surface area (Å²) in [6, 6.07) is 8.79. The Kier molecular flexibility index (Phi) is 5.00. The highest BCUT2D eigenvalue weighted by atomic mass is 79.9. The molecule has 0 saturated carbocycles. The molecule has 6 nitrogen and oxygen atoms in total. The third-order valence-corrected chi connectivity index (χ3v) is 2.82. The van der Waals surface area contributed by atoms with Crippen LogP contribution < -0.4 is 15.4 Å². The van der Waals surface area contributed by atoms with E-state index in [9.17, 15) is 4.79 Å². The number of hydrogen-bond acceptors (Lipinski definition) is 4. The van der Waals surface area contributed by atoms with Gasteiger partial charge in [-0.05, 0) is 25.1 Å². The zero-order valence-electron chi connectivity index (χ0n) is 10.9. The smallest absolute Gasteiger partial charge is 0.320 e. The average Bonchev–Trinajstić information content (AvgIpc) is 2.80. The lowest BCUT2D eigenvalue weighted by molar-refractivity contribution is 0.247. The Morgan fingerprint density at radius 2 is 2.30 bits per heavy atom. The first-order valence-corrected chi connectivity index (χ1v) is 6.79. The number of rotatable bonds is 5. The van der Waals surface area contributed by atoms with Crippen molar-refractivity contribution in [3.05, 3.63) is 40.6 Å². The number of nitrogens with one attached hydrogen (secondary N) is 2. The van der Waals surface area contributed by atoms with Crippen LogP contribution in [0.4, 0.5) is 10.6 Å². The van der Waals surface area contributed by atoms with E-state index in [1.54, 1.807) is 13.0 Å². The second kappa shape index (κ2) is 6.95. The minimum atomic E-state index is -0.351. The van der Waals surface area contributed by atoms with Crippen LogP contribution in [0.2, 0.25) is 0 Å². The number of aromatic nitrogens is 1. The molecule has 0 saturated heterocycles. The lowest BCUT2D eigenvalue weighted by atomic mass is 10.3. The molecule has 0 unspecified atom stereocenters. The highest BCUT2D eigenvalue weighted by Crippen LogP contribution is 2.17. The number of aryl methyl sites for hydroxylation is 1. The van der Waals surface area contributed by atoms with Crippen LogP contribution in [0.1, 0.15) is 5.76 Å². The molecule has 2 N–H and O–H groups in total. The SMILES string of the molecule is Cc1cc(NC(=O)NCCOc2cccc(Br)c2)no1. The molecular weight excluding hydrogens is 326 g/mol. The lowest BCUT2D eigenvalue weighted by Crippen LogP contribution is -2.32. The van der Waals surface area contributed by atoms with Crippen LogP contribution in [0.25, 0.3) is 0 Å². The number of anilines is 1. The molecule has 0 atom stereocenters. The molecule has 1 aromatic carbocycles. The van der Waals surface area contributed by atoms with Gasteiger partial charge in [0.05, 0.1) is 6.54 Å².